The van der Waals surface area contributed by atoms with Crippen molar-refractivity contribution in [2.45, 2.75) is 20.0 Å². The van der Waals surface area contributed by atoms with Crippen LogP contribution in [0.15, 0.2) is 54.3 Å². The van der Waals surface area contributed by atoms with E-state index in [1.165, 1.54) is 0 Å². The number of hydrogen-bond acceptors (Lipinski definition) is 5. The van der Waals surface area contributed by atoms with Gasteiger partial charge >= 0.3 is 5.97 Å². The van der Waals surface area contributed by atoms with E-state index in [4.69, 9.17) is 14.2 Å². The van der Waals surface area contributed by atoms with E-state index >= 15 is 0 Å². The highest BCUT2D eigenvalue weighted by Gasteiger charge is 2.27. The SMILES string of the molecule is CC(C)OC(=O)COc1ccc2c(c1)OC(=Cc1ccccc1)C2=O. The minimum absolute atomic E-state index is 0.176. The summed E-state index contributed by atoms with van der Waals surface area (Å²) >= 11 is 0. The molecule has 0 aliphatic carbocycles. The van der Waals surface area contributed by atoms with Crippen LogP contribution in [0.2, 0.25) is 0 Å². The Kier molecular flexibility index (Phi) is 4.84. The molecule has 1 aliphatic rings. The number of rotatable bonds is 5. The molecule has 0 fully saturated rings. The minimum Gasteiger partial charge on any atom is -0.482 e. The molecule has 25 heavy (non-hydrogen) atoms. The van der Waals surface area contributed by atoms with Gasteiger partial charge in [0.25, 0.3) is 0 Å². The number of ketones is 1. The third kappa shape index (κ3) is 4.07. The predicted molar refractivity (Wildman–Crippen MR) is 92.5 cm³/mol. The molecule has 5 heteroatoms. The monoisotopic (exact) mass is 338 g/mol. The fourth-order valence-electron chi connectivity index (χ4n) is 2.40. The largest absolute Gasteiger partial charge is 0.482 e. The molecule has 0 saturated heterocycles. The molecule has 0 aromatic heterocycles. The molecule has 1 heterocycles. The lowest BCUT2D eigenvalue weighted by Crippen LogP contribution is -2.18. The third-order valence-corrected chi connectivity index (χ3v) is 3.46. The number of hydrogen-bond donors (Lipinski definition) is 0. The van der Waals surface area contributed by atoms with Gasteiger partial charge < -0.3 is 14.2 Å². The second kappa shape index (κ2) is 7.21. The Labute approximate surface area is 145 Å². The van der Waals surface area contributed by atoms with Crippen LogP contribution in [0.1, 0.15) is 29.8 Å². The van der Waals surface area contributed by atoms with Crippen LogP contribution in [0.3, 0.4) is 0 Å². The third-order valence-electron chi connectivity index (χ3n) is 3.46. The topological polar surface area (TPSA) is 61.8 Å². The molecule has 1 aliphatic heterocycles. The summed E-state index contributed by atoms with van der Waals surface area (Å²) in [5.41, 5.74) is 1.35. The summed E-state index contributed by atoms with van der Waals surface area (Å²) in [6.07, 6.45) is 1.51. The Balaban J connectivity index is 1.71. The zero-order valence-electron chi connectivity index (χ0n) is 14.0. The van der Waals surface area contributed by atoms with Crippen molar-refractivity contribution in [1.82, 2.24) is 0 Å². The summed E-state index contributed by atoms with van der Waals surface area (Å²) in [7, 11) is 0. The second-order valence-corrected chi connectivity index (χ2v) is 5.84. The highest BCUT2D eigenvalue weighted by molar-refractivity contribution is 6.14. The molecule has 3 rings (SSSR count). The maximum atomic E-state index is 12.4. The maximum absolute atomic E-state index is 12.4. The Morgan fingerprint density at radius 1 is 1.16 bits per heavy atom. The normalized spacial score (nSPS) is 14.4. The summed E-state index contributed by atoms with van der Waals surface area (Å²) in [5, 5.41) is 0. The van der Waals surface area contributed by atoms with Crippen molar-refractivity contribution in [2.24, 2.45) is 0 Å². The molecule has 2 aromatic rings. The summed E-state index contributed by atoms with van der Waals surface area (Å²) < 4.78 is 16.1. The number of Topliss-reactive ketones (excluding diaryl/α,β-unsaturated/α-hetero) is 1. The second-order valence-electron chi connectivity index (χ2n) is 5.84. The van der Waals surface area contributed by atoms with Gasteiger partial charge in [0, 0.05) is 6.07 Å². The van der Waals surface area contributed by atoms with E-state index in [0.29, 0.717) is 17.1 Å². The Morgan fingerprint density at radius 2 is 1.92 bits per heavy atom. The highest BCUT2D eigenvalue weighted by atomic mass is 16.6. The molecule has 128 valence electrons. The van der Waals surface area contributed by atoms with Crippen molar-refractivity contribution in [1.29, 1.82) is 0 Å². The molecule has 0 amide bonds. The van der Waals surface area contributed by atoms with E-state index in [2.05, 4.69) is 0 Å². The standard InChI is InChI=1S/C20H18O5/c1-13(2)24-19(21)12-23-15-8-9-16-17(11-15)25-18(20(16)22)10-14-6-4-3-5-7-14/h3-11,13H,12H2,1-2H3. The molecular weight excluding hydrogens is 320 g/mol. The fourth-order valence-corrected chi connectivity index (χ4v) is 2.40. The van der Waals surface area contributed by atoms with Gasteiger partial charge in [-0.05, 0) is 37.6 Å². The average molecular weight is 338 g/mol. The van der Waals surface area contributed by atoms with E-state index in [1.54, 1.807) is 38.1 Å². The number of benzene rings is 2. The van der Waals surface area contributed by atoms with E-state index < -0.39 is 5.97 Å². The van der Waals surface area contributed by atoms with Crippen LogP contribution >= 0.6 is 0 Å². The van der Waals surface area contributed by atoms with Gasteiger partial charge in [0.2, 0.25) is 5.78 Å². The summed E-state index contributed by atoms with van der Waals surface area (Å²) in [5.74, 6) is 0.495. The summed E-state index contributed by atoms with van der Waals surface area (Å²) in [6.45, 7) is 3.35. The van der Waals surface area contributed by atoms with Gasteiger partial charge in [-0.3, -0.25) is 4.79 Å². The fraction of sp³-hybridized carbons (Fsp3) is 0.200. The summed E-state index contributed by atoms with van der Waals surface area (Å²) in [6, 6.07) is 14.3. The molecule has 2 aromatic carbocycles. The molecule has 5 nitrogen and oxygen atoms in total. The van der Waals surface area contributed by atoms with Crippen LogP contribution in [0, 0.1) is 0 Å². The van der Waals surface area contributed by atoms with E-state index in [0.717, 1.165) is 5.56 Å². The van der Waals surface area contributed by atoms with Gasteiger partial charge in [0.1, 0.15) is 11.5 Å². The van der Waals surface area contributed by atoms with Crippen LogP contribution in [0.4, 0.5) is 0 Å². The highest BCUT2D eigenvalue weighted by Crippen LogP contribution is 2.34. The minimum atomic E-state index is -0.447. The lowest BCUT2D eigenvalue weighted by Gasteiger charge is -2.09. The van der Waals surface area contributed by atoms with Crippen LogP contribution in [-0.2, 0) is 9.53 Å². The van der Waals surface area contributed by atoms with Crippen LogP contribution in [0.25, 0.3) is 6.08 Å². The van der Waals surface area contributed by atoms with Gasteiger partial charge in [-0.15, -0.1) is 0 Å². The van der Waals surface area contributed by atoms with Crippen molar-refractivity contribution in [2.75, 3.05) is 6.61 Å². The first kappa shape index (κ1) is 16.8. The smallest absolute Gasteiger partial charge is 0.344 e. The molecule has 0 saturated carbocycles. The van der Waals surface area contributed by atoms with Crippen molar-refractivity contribution >= 4 is 17.8 Å². The Hall–Kier alpha value is -3.08. The van der Waals surface area contributed by atoms with Crippen LogP contribution in [0.5, 0.6) is 11.5 Å². The lowest BCUT2D eigenvalue weighted by molar-refractivity contribution is -0.149. The van der Waals surface area contributed by atoms with Crippen molar-refractivity contribution in [3.63, 3.8) is 0 Å². The van der Waals surface area contributed by atoms with Crippen molar-refractivity contribution < 1.29 is 23.8 Å². The van der Waals surface area contributed by atoms with Gasteiger partial charge in [-0.25, -0.2) is 4.79 Å². The van der Waals surface area contributed by atoms with Gasteiger partial charge in [-0.2, -0.15) is 0 Å². The first-order chi connectivity index (χ1) is 12.0. The van der Waals surface area contributed by atoms with Crippen molar-refractivity contribution in [3.05, 3.63) is 65.4 Å². The number of ether oxygens (including phenoxy) is 3. The number of fused-ring (bicyclic) bond motifs is 1. The van der Waals surface area contributed by atoms with E-state index in [-0.39, 0.29) is 24.3 Å². The van der Waals surface area contributed by atoms with Gasteiger partial charge in [-0.1, -0.05) is 30.3 Å². The van der Waals surface area contributed by atoms with E-state index in [1.807, 2.05) is 30.3 Å². The van der Waals surface area contributed by atoms with Crippen LogP contribution < -0.4 is 9.47 Å². The van der Waals surface area contributed by atoms with Crippen LogP contribution in [-0.4, -0.2) is 24.5 Å². The number of allylic oxidation sites excluding steroid dienone is 1. The zero-order chi connectivity index (χ0) is 17.8. The number of esters is 1. The van der Waals surface area contributed by atoms with Crippen molar-refractivity contribution in [3.8, 4) is 11.5 Å². The first-order valence-electron chi connectivity index (χ1n) is 7.98. The predicted octanol–water partition coefficient (Wildman–Crippen LogP) is 3.63. The zero-order valence-corrected chi connectivity index (χ0v) is 14.0. The Bertz CT molecular complexity index is 821. The summed E-state index contributed by atoms with van der Waals surface area (Å²) in [4.78, 5) is 23.9. The molecular formula is C20H18O5. The molecule has 0 unspecified atom stereocenters. The lowest BCUT2D eigenvalue weighted by atomic mass is 10.1. The first-order valence-corrected chi connectivity index (χ1v) is 7.98. The van der Waals surface area contributed by atoms with Gasteiger partial charge in [0.05, 0.1) is 11.7 Å². The molecule has 0 atom stereocenters. The van der Waals surface area contributed by atoms with E-state index in [9.17, 15) is 9.59 Å². The Morgan fingerprint density at radius 3 is 2.64 bits per heavy atom. The maximum Gasteiger partial charge on any atom is 0.344 e. The molecule has 0 radical (unpaired) electrons. The number of carbonyl (C=O) groups is 2. The van der Waals surface area contributed by atoms with Gasteiger partial charge in [0.15, 0.2) is 12.4 Å². The molecule has 0 spiro atoms. The quantitative estimate of drug-likeness (QED) is 0.615. The molecule has 0 bridgehead atoms. The average Bonchev–Trinajstić information content (AvgIpc) is 2.89. The number of carbonyl (C=O) groups excluding carboxylic acids is 2. The molecule has 0 N–H and O–H groups in total.